The van der Waals surface area contributed by atoms with Gasteiger partial charge in [0.05, 0.1) is 11.1 Å². The van der Waals surface area contributed by atoms with Gasteiger partial charge in [0.15, 0.2) is 10.9 Å². The van der Waals surface area contributed by atoms with Crippen LogP contribution in [0, 0.1) is 0 Å². The lowest BCUT2D eigenvalue weighted by molar-refractivity contribution is 0.102. The first-order chi connectivity index (χ1) is 15.4. The summed E-state index contributed by atoms with van der Waals surface area (Å²) in [6, 6.07) is -0.0715. The fourth-order valence-electron chi connectivity index (χ4n) is 4.34. The van der Waals surface area contributed by atoms with E-state index in [1.54, 1.807) is 15.9 Å². The van der Waals surface area contributed by atoms with Crippen LogP contribution in [-0.4, -0.2) is 30.6 Å². The number of ketones is 1. The van der Waals surface area contributed by atoms with E-state index in [0.29, 0.717) is 21.9 Å². The van der Waals surface area contributed by atoms with Crippen molar-refractivity contribution in [1.82, 2.24) is 19.1 Å². The summed E-state index contributed by atoms with van der Waals surface area (Å²) in [5.74, 6) is -0.696. The number of hydrogen-bond acceptors (Lipinski definition) is 8. The summed E-state index contributed by atoms with van der Waals surface area (Å²) >= 11 is 2.67. The molecule has 0 bridgehead atoms. The van der Waals surface area contributed by atoms with Crippen LogP contribution in [0.2, 0.25) is 0 Å². The number of carbonyl (C=O) groups is 1. The van der Waals surface area contributed by atoms with Crippen molar-refractivity contribution in [2.75, 3.05) is 11.5 Å². The Morgan fingerprint density at radius 2 is 2.00 bits per heavy atom. The maximum Gasteiger partial charge on any atom is 0.330 e. The van der Waals surface area contributed by atoms with Gasteiger partial charge in [0.1, 0.15) is 16.2 Å². The predicted molar refractivity (Wildman–Crippen MR) is 125 cm³/mol. The molecule has 0 aliphatic heterocycles. The monoisotopic (exact) mass is 473 g/mol. The number of fused-ring (bicyclic) bond motifs is 3. The van der Waals surface area contributed by atoms with Crippen molar-refractivity contribution in [3.63, 3.8) is 0 Å². The Morgan fingerprint density at radius 3 is 2.72 bits per heavy atom. The number of aromatic nitrogens is 4. The molecule has 3 aromatic rings. The maximum atomic E-state index is 13.2. The molecule has 5 rings (SSSR count). The quantitative estimate of drug-likeness (QED) is 0.318. The van der Waals surface area contributed by atoms with Gasteiger partial charge in [-0.1, -0.05) is 11.8 Å². The van der Waals surface area contributed by atoms with Gasteiger partial charge in [0.25, 0.3) is 11.1 Å². The van der Waals surface area contributed by atoms with Crippen molar-refractivity contribution >= 4 is 44.9 Å². The van der Waals surface area contributed by atoms with Crippen LogP contribution in [0.3, 0.4) is 0 Å². The molecule has 168 valence electrons. The normalized spacial score (nSPS) is 15.8. The molecule has 3 N–H and O–H groups in total. The highest BCUT2D eigenvalue weighted by Gasteiger charge is 2.30. The number of aromatic amines is 1. The van der Waals surface area contributed by atoms with E-state index in [-0.39, 0.29) is 28.7 Å². The van der Waals surface area contributed by atoms with Crippen LogP contribution in [-0.2, 0) is 19.4 Å². The fraction of sp³-hybridized carbons (Fsp3) is 0.476. The first kappa shape index (κ1) is 21.2. The third-order valence-electron chi connectivity index (χ3n) is 6.06. The van der Waals surface area contributed by atoms with E-state index in [1.807, 2.05) is 6.92 Å². The molecule has 32 heavy (non-hydrogen) atoms. The van der Waals surface area contributed by atoms with Crippen LogP contribution < -0.4 is 22.5 Å². The van der Waals surface area contributed by atoms with Gasteiger partial charge in [0, 0.05) is 17.5 Å². The molecule has 2 aliphatic carbocycles. The van der Waals surface area contributed by atoms with Gasteiger partial charge in [-0.05, 0) is 51.0 Å². The van der Waals surface area contributed by atoms with Gasteiger partial charge < -0.3 is 5.73 Å². The maximum absolute atomic E-state index is 13.2. The predicted octanol–water partition coefficient (Wildman–Crippen LogP) is 2.10. The molecule has 0 unspecified atom stereocenters. The average molecular weight is 474 g/mol. The second-order valence-electron chi connectivity index (χ2n) is 8.17. The standard InChI is InChI=1S/C21H23N5O4S2/c1-2-25-19(29)14-11-5-3-4-6-13(11)32-18(14)24-21(25)31-9-12(27)15-16(22)26(10-7-8-10)20(30)23-17(15)28/h10H,2-9,22H2,1H3,(H,23,28,30). The Kier molecular flexibility index (Phi) is 5.32. The third-order valence-corrected chi connectivity index (χ3v) is 8.22. The summed E-state index contributed by atoms with van der Waals surface area (Å²) < 4.78 is 2.88. The lowest BCUT2D eigenvalue weighted by Crippen LogP contribution is -2.36. The minimum absolute atomic E-state index is 0.0715. The number of rotatable bonds is 6. The van der Waals surface area contributed by atoms with E-state index in [0.717, 1.165) is 55.9 Å². The van der Waals surface area contributed by atoms with Gasteiger partial charge in [-0.3, -0.25) is 28.5 Å². The van der Waals surface area contributed by atoms with Crippen molar-refractivity contribution in [3.8, 4) is 0 Å². The molecule has 0 radical (unpaired) electrons. The molecular weight excluding hydrogens is 450 g/mol. The largest absolute Gasteiger partial charge is 0.384 e. The Hall–Kier alpha value is -2.66. The van der Waals surface area contributed by atoms with Crippen molar-refractivity contribution in [3.05, 3.63) is 47.2 Å². The Morgan fingerprint density at radius 1 is 1.25 bits per heavy atom. The van der Waals surface area contributed by atoms with Crippen LogP contribution in [0.1, 0.15) is 59.4 Å². The van der Waals surface area contributed by atoms with E-state index < -0.39 is 17.0 Å². The Balaban J connectivity index is 1.49. The van der Waals surface area contributed by atoms with E-state index in [4.69, 9.17) is 10.7 Å². The fourth-order valence-corrected chi connectivity index (χ4v) is 6.58. The summed E-state index contributed by atoms with van der Waals surface area (Å²) in [6.07, 6.45) is 5.65. The number of carbonyl (C=O) groups excluding carboxylic acids is 1. The molecule has 3 aromatic heterocycles. The number of thioether (sulfide) groups is 1. The Bertz CT molecular complexity index is 1430. The highest BCUT2D eigenvalue weighted by molar-refractivity contribution is 7.99. The molecule has 1 saturated carbocycles. The minimum Gasteiger partial charge on any atom is -0.384 e. The van der Waals surface area contributed by atoms with Crippen molar-refractivity contribution in [1.29, 1.82) is 0 Å². The first-order valence-electron chi connectivity index (χ1n) is 10.8. The highest BCUT2D eigenvalue weighted by atomic mass is 32.2. The first-order valence-corrected chi connectivity index (χ1v) is 12.6. The topological polar surface area (TPSA) is 133 Å². The van der Waals surface area contributed by atoms with Crippen LogP contribution in [0.25, 0.3) is 10.2 Å². The van der Waals surface area contributed by atoms with Crippen LogP contribution >= 0.6 is 23.1 Å². The van der Waals surface area contributed by atoms with E-state index in [1.165, 1.54) is 9.44 Å². The lowest BCUT2D eigenvalue weighted by Gasteiger charge is -2.13. The number of hydrogen-bond donors (Lipinski definition) is 2. The third kappa shape index (κ3) is 3.43. The number of nitrogens with one attached hydrogen (secondary N) is 1. The zero-order chi connectivity index (χ0) is 22.6. The second-order valence-corrected chi connectivity index (χ2v) is 10.2. The second kappa shape index (κ2) is 8.04. The molecule has 0 saturated heterocycles. The number of nitrogens with two attached hydrogens (primary N) is 1. The summed E-state index contributed by atoms with van der Waals surface area (Å²) in [5, 5.41) is 1.15. The van der Waals surface area contributed by atoms with E-state index in [2.05, 4.69) is 4.98 Å². The van der Waals surface area contributed by atoms with Crippen molar-refractivity contribution in [2.24, 2.45) is 0 Å². The van der Waals surface area contributed by atoms with Crippen LogP contribution in [0.4, 0.5) is 5.82 Å². The van der Waals surface area contributed by atoms with E-state index in [9.17, 15) is 19.2 Å². The molecule has 2 aliphatic rings. The lowest BCUT2D eigenvalue weighted by atomic mass is 9.97. The zero-order valence-corrected chi connectivity index (χ0v) is 19.2. The number of aryl methyl sites for hydroxylation is 2. The van der Waals surface area contributed by atoms with Crippen molar-refractivity contribution < 1.29 is 4.79 Å². The smallest absolute Gasteiger partial charge is 0.330 e. The van der Waals surface area contributed by atoms with Gasteiger partial charge >= 0.3 is 5.69 Å². The SMILES string of the molecule is CCn1c(SCC(=O)c2c(N)n(C3CC3)c(=O)[nH]c2=O)nc2sc3c(c2c1=O)CCCC3. The van der Waals surface area contributed by atoms with Gasteiger partial charge in [0.2, 0.25) is 0 Å². The molecular formula is C21H23N5O4S2. The number of Topliss-reactive ketones (excluding diaryl/α,β-unsaturated/α-hetero) is 1. The summed E-state index contributed by atoms with van der Waals surface area (Å²) in [7, 11) is 0. The molecule has 9 nitrogen and oxygen atoms in total. The van der Waals surface area contributed by atoms with Crippen molar-refractivity contribution in [2.45, 2.75) is 63.2 Å². The molecule has 11 heteroatoms. The molecule has 3 heterocycles. The van der Waals surface area contributed by atoms with Crippen LogP contribution in [0.15, 0.2) is 19.5 Å². The van der Waals surface area contributed by atoms with Gasteiger partial charge in [-0.15, -0.1) is 11.3 Å². The number of H-pyrrole nitrogens is 1. The Labute approximate surface area is 190 Å². The number of nitrogens with zero attached hydrogens (tertiary/aromatic N) is 3. The highest BCUT2D eigenvalue weighted by Crippen LogP contribution is 2.36. The minimum atomic E-state index is -0.780. The zero-order valence-electron chi connectivity index (χ0n) is 17.6. The van der Waals surface area contributed by atoms with Gasteiger partial charge in [-0.2, -0.15) is 0 Å². The summed E-state index contributed by atoms with van der Waals surface area (Å²) in [5.41, 5.74) is 5.53. The number of anilines is 1. The number of thiophene rings is 1. The molecule has 0 spiro atoms. The van der Waals surface area contributed by atoms with Gasteiger partial charge in [-0.25, -0.2) is 9.78 Å². The summed E-state index contributed by atoms with van der Waals surface area (Å²) in [6.45, 7) is 2.30. The molecule has 1 fully saturated rings. The molecule has 0 aromatic carbocycles. The molecule has 0 atom stereocenters. The summed E-state index contributed by atoms with van der Waals surface area (Å²) in [4.78, 5) is 59.4. The van der Waals surface area contributed by atoms with Crippen LogP contribution in [0.5, 0.6) is 0 Å². The number of nitrogen functional groups attached to an aromatic ring is 1. The van der Waals surface area contributed by atoms with E-state index >= 15 is 0 Å². The average Bonchev–Trinajstić information content (AvgIpc) is 3.50. The molecule has 0 amide bonds.